The number of rotatable bonds is 6. The Bertz CT molecular complexity index is 1130. The van der Waals surface area contributed by atoms with Crippen LogP contribution in [0.25, 0.3) is 11.4 Å². The molecule has 1 saturated heterocycles. The van der Waals surface area contributed by atoms with Crippen LogP contribution in [0.4, 0.5) is 0 Å². The predicted octanol–water partition coefficient (Wildman–Crippen LogP) is 4.83. The highest BCUT2D eigenvalue weighted by atomic mass is 35.5. The number of piperidine rings is 1. The summed E-state index contributed by atoms with van der Waals surface area (Å²) < 4.78 is 9.54. The Hall–Kier alpha value is -2.48. The van der Waals surface area contributed by atoms with Gasteiger partial charge in [0.2, 0.25) is 0 Å². The predicted molar refractivity (Wildman–Crippen MR) is 124 cm³/mol. The summed E-state index contributed by atoms with van der Waals surface area (Å²) in [5.41, 5.74) is 1.61. The Morgan fingerprint density at radius 1 is 1.16 bits per heavy atom. The number of carbonyl (C=O) groups excluding carboxylic acids is 1. The summed E-state index contributed by atoms with van der Waals surface area (Å²) >= 11 is 12.0. The summed E-state index contributed by atoms with van der Waals surface area (Å²) in [6.45, 7) is 2.25. The smallest absolute Gasteiger partial charge is 0.199 e. The van der Waals surface area contributed by atoms with Gasteiger partial charge in [-0.15, -0.1) is 0 Å². The van der Waals surface area contributed by atoms with Gasteiger partial charge < -0.3 is 9.30 Å². The highest BCUT2D eigenvalue weighted by molar-refractivity contribution is 7.71. The molecule has 0 atom stereocenters. The maximum atomic E-state index is 12.8. The third kappa shape index (κ3) is 4.59. The average molecular weight is 457 g/mol. The highest BCUT2D eigenvalue weighted by Crippen LogP contribution is 2.27. The summed E-state index contributed by atoms with van der Waals surface area (Å²) in [4.78, 5) is 15.1. The number of methoxy groups -OCH3 is 1. The van der Waals surface area contributed by atoms with Crippen LogP contribution in [0.3, 0.4) is 0 Å². The molecule has 1 aromatic heterocycles. The molecule has 0 bridgehead atoms. The van der Waals surface area contributed by atoms with E-state index in [1.807, 2.05) is 64.8 Å². The number of likely N-dealkylation sites (tertiary alicyclic amines) is 1. The van der Waals surface area contributed by atoms with Gasteiger partial charge in [0, 0.05) is 37.2 Å². The summed E-state index contributed by atoms with van der Waals surface area (Å²) in [7, 11) is 3.53. The molecule has 4 rings (SSSR count). The van der Waals surface area contributed by atoms with Crippen LogP contribution < -0.4 is 4.74 Å². The summed E-state index contributed by atoms with van der Waals surface area (Å²) in [5.74, 6) is 1.76. The van der Waals surface area contributed by atoms with Gasteiger partial charge in [-0.05, 0) is 61.5 Å². The van der Waals surface area contributed by atoms with Gasteiger partial charge in [0.05, 0.1) is 18.8 Å². The van der Waals surface area contributed by atoms with Crippen molar-refractivity contribution in [3.8, 4) is 17.1 Å². The quantitative estimate of drug-likeness (QED) is 0.392. The first-order valence-corrected chi connectivity index (χ1v) is 11.1. The molecule has 1 fully saturated rings. The number of nitrogens with zero attached hydrogens (tertiary/aromatic N) is 4. The van der Waals surface area contributed by atoms with Crippen molar-refractivity contribution < 1.29 is 9.53 Å². The zero-order valence-electron chi connectivity index (χ0n) is 17.6. The molecular weight excluding hydrogens is 432 g/mol. The fourth-order valence-corrected chi connectivity index (χ4v) is 4.38. The van der Waals surface area contributed by atoms with Gasteiger partial charge in [0.1, 0.15) is 5.75 Å². The third-order valence-corrected chi connectivity index (χ3v) is 6.64. The number of aromatic nitrogens is 3. The molecule has 0 saturated carbocycles. The standard InChI is InChI=1S/C23H25ClN4O2S/c1-26-22(19-5-3-4-6-20(19)24)25-28(23(26)31)15-27-13-11-17(12-14-27)21(29)16-7-9-18(30-2)10-8-16/h3-10,17H,11-15H2,1-2H3. The minimum Gasteiger partial charge on any atom is -0.497 e. The molecule has 0 amide bonds. The minimum atomic E-state index is 0.0417. The van der Waals surface area contributed by atoms with E-state index in [9.17, 15) is 4.79 Å². The van der Waals surface area contributed by atoms with Gasteiger partial charge in [0.15, 0.2) is 16.4 Å². The molecular formula is C23H25ClN4O2S. The Morgan fingerprint density at radius 3 is 2.48 bits per heavy atom. The second-order valence-electron chi connectivity index (χ2n) is 7.77. The van der Waals surface area contributed by atoms with Gasteiger partial charge >= 0.3 is 0 Å². The molecule has 0 spiro atoms. The Morgan fingerprint density at radius 2 is 1.84 bits per heavy atom. The van der Waals surface area contributed by atoms with E-state index in [0.29, 0.717) is 16.5 Å². The number of hydrogen-bond acceptors (Lipinski definition) is 5. The van der Waals surface area contributed by atoms with Gasteiger partial charge in [-0.1, -0.05) is 23.7 Å². The molecule has 1 aliphatic heterocycles. The molecule has 0 unspecified atom stereocenters. The van der Waals surface area contributed by atoms with Crippen molar-refractivity contribution in [1.29, 1.82) is 0 Å². The molecule has 0 N–H and O–H groups in total. The summed E-state index contributed by atoms with van der Waals surface area (Å²) in [6.07, 6.45) is 1.64. The lowest BCUT2D eigenvalue weighted by atomic mass is 9.89. The van der Waals surface area contributed by atoms with Crippen molar-refractivity contribution >= 4 is 29.6 Å². The van der Waals surface area contributed by atoms with E-state index < -0.39 is 0 Å². The second-order valence-corrected chi connectivity index (χ2v) is 8.54. The number of hydrogen-bond donors (Lipinski definition) is 0. The fraction of sp³-hybridized carbons (Fsp3) is 0.348. The van der Waals surface area contributed by atoms with Gasteiger partial charge in [-0.2, -0.15) is 5.10 Å². The number of Topliss-reactive ketones (excluding diaryl/α,β-unsaturated/α-hetero) is 1. The Balaban J connectivity index is 1.41. The summed E-state index contributed by atoms with van der Waals surface area (Å²) in [5, 5.41) is 5.37. The molecule has 2 aromatic carbocycles. The average Bonchev–Trinajstić information content (AvgIpc) is 3.08. The molecule has 6 nitrogen and oxygen atoms in total. The molecule has 8 heteroatoms. The highest BCUT2D eigenvalue weighted by Gasteiger charge is 2.26. The van der Waals surface area contributed by atoms with Crippen molar-refractivity contribution in [1.82, 2.24) is 19.2 Å². The molecule has 3 aromatic rings. The van der Waals surface area contributed by atoms with Gasteiger partial charge in [0.25, 0.3) is 0 Å². The molecule has 162 valence electrons. The van der Waals surface area contributed by atoms with Crippen molar-refractivity contribution in [3.63, 3.8) is 0 Å². The Labute approximate surface area is 192 Å². The lowest BCUT2D eigenvalue weighted by molar-refractivity contribution is 0.0803. The van der Waals surface area contributed by atoms with Crippen molar-refractivity contribution in [3.05, 3.63) is 63.9 Å². The number of ether oxygens (including phenoxy) is 1. The van der Waals surface area contributed by atoms with E-state index in [1.54, 1.807) is 7.11 Å². The number of carbonyl (C=O) groups is 1. The van der Waals surface area contributed by atoms with Gasteiger partial charge in [-0.3, -0.25) is 9.69 Å². The number of benzene rings is 2. The van der Waals surface area contributed by atoms with Crippen LogP contribution in [0.1, 0.15) is 23.2 Å². The molecule has 31 heavy (non-hydrogen) atoms. The maximum absolute atomic E-state index is 12.8. The van der Waals surface area contributed by atoms with Crippen LogP contribution in [0.5, 0.6) is 5.75 Å². The largest absolute Gasteiger partial charge is 0.497 e. The number of ketones is 1. The first-order chi connectivity index (χ1) is 15.0. The third-order valence-electron chi connectivity index (χ3n) is 5.82. The zero-order valence-corrected chi connectivity index (χ0v) is 19.2. The number of halogens is 1. The first-order valence-electron chi connectivity index (χ1n) is 10.3. The monoisotopic (exact) mass is 456 g/mol. The van der Waals surface area contributed by atoms with Crippen LogP contribution in [-0.4, -0.2) is 45.2 Å². The second kappa shape index (κ2) is 9.34. The maximum Gasteiger partial charge on any atom is 0.199 e. The molecule has 0 aliphatic carbocycles. The van der Waals surface area contributed by atoms with Crippen LogP contribution >= 0.6 is 23.8 Å². The minimum absolute atomic E-state index is 0.0417. The van der Waals surface area contributed by atoms with Crippen molar-refractivity contribution in [2.45, 2.75) is 19.5 Å². The van der Waals surface area contributed by atoms with E-state index in [4.69, 9.17) is 33.7 Å². The normalized spacial score (nSPS) is 15.2. The molecule has 0 radical (unpaired) electrons. The van der Waals surface area contributed by atoms with E-state index in [2.05, 4.69) is 4.90 Å². The van der Waals surface area contributed by atoms with E-state index >= 15 is 0 Å². The summed E-state index contributed by atoms with van der Waals surface area (Å²) in [6, 6.07) is 15.0. The van der Waals surface area contributed by atoms with E-state index in [1.165, 1.54) is 0 Å². The first kappa shape index (κ1) is 21.7. The van der Waals surface area contributed by atoms with Crippen LogP contribution in [0, 0.1) is 10.7 Å². The lowest BCUT2D eigenvalue weighted by Gasteiger charge is -2.30. The van der Waals surface area contributed by atoms with Crippen LogP contribution in [-0.2, 0) is 13.7 Å². The topological polar surface area (TPSA) is 52.3 Å². The fourth-order valence-electron chi connectivity index (χ4n) is 3.97. The lowest BCUT2D eigenvalue weighted by Crippen LogP contribution is -2.37. The van der Waals surface area contributed by atoms with Crippen LogP contribution in [0.2, 0.25) is 5.02 Å². The van der Waals surface area contributed by atoms with Crippen molar-refractivity contribution in [2.75, 3.05) is 20.2 Å². The molecule has 2 heterocycles. The van der Waals surface area contributed by atoms with Gasteiger partial charge in [-0.25, -0.2) is 4.68 Å². The van der Waals surface area contributed by atoms with Crippen molar-refractivity contribution in [2.24, 2.45) is 13.0 Å². The Kier molecular flexibility index (Phi) is 6.55. The molecule has 1 aliphatic rings. The van der Waals surface area contributed by atoms with E-state index in [0.717, 1.165) is 48.6 Å². The van der Waals surface area contributed by atoms with Crippen LogP contribution in [0.15, 0.2) is 48.5 Å². The van der Waals surface area contributed by atoms with E-state index in [-0.39, 0.29) is 11.7 Å². The SMILES string of the molecule is COc1ccc(C(=O)C2CCN(Cn3nc(-c4ccccc4Cl)n(C)c3=S)CC2)cc1. The zero-order chi connectivity index (χ0) is 22.0.